The van der Waals surface area contributed by atoms with Crippen molar-refractivity contribution in [2.75, 3.05) is 31.5 Å². The van der Waals surface area contributed by atoms with Gasteiger partial charge in [0.05, 0.1) is 0 Å². The van der Waals surface area contributed by atoms with Gasteiger partial charge in [0.15, 0.2) is 0 Å². The number of H-pyrrole nitrogens is 1. The zero-order chi connectivity index (χ0) is 24.4. The minimum absolute atomic E-state index is 0.00603. The van der Waals surface area contributed by atoms with E-state index in [1.54, 1.807) is 18.2 Å². The van der Waals surface area contributed by atoms with Crippen LogP contribution < -0.4 is 5.32 Å². The van der Waals surface area contributed by atoms with Crippen molar-refractivity contribution in [2.45, 2.75) is 6.54 Å². The summed E-state index contributed by atoms with van der Waals surface area (Å²) in [4.78, 5) is 32.7. The topological polar surface area (TPSA) is 68.4 Å². The van der Waals surface area contributed by atoms with Crippen LogP contribution >= 0.6 is 11.6 Å². The number of aromatic nitrogens is 1. The largest absolute Gasteiger partial charge is 0.351 e. The summed E-state index contributed by atoms with van der Waals surface area (Å²) in [6.07, 6.45) is 0. The van der Waals surface area contributed by atoms with Crippen molar-refractivity contribution < 1.29 is 14.0 Å². The summed E-state index contributed by atoms with van der Waals surface area (Å²) in [5.74, 6) is -0.594. The standard InChI is InChI=1S/C27H24ClFN4O2/c28-21-5-10-24-20(15-21)16-25(31-24)27(35)33-13-11-32(12-14-33)17-18-1-3-19(4-2-18)26(34)30-23-8-6-22(29)7-9-23/h1-10,15-16,31H,11-14,17H2,(H,30,34). The first-order valence-electron chi connectivity index (χ1n) is 11.4. The van der Waals surface area contributed by atoms with Gasteiger partial charge >= 0.3 is 0 Å². The Morgan fingerprint density at radius 2 is 1.63 bits per heavy atom. The molecule has 1 saturated heterocycles. The number of nitrogens with one attached hydrogen (secondary N) is 2. The number of piperazine rings is 1. The van der Waals surface area contributed by atoms with E-state index in [-0.39, 0.29) is 17.6 Å². The van der Waals surface area contributed by atoms with Gasteiger partial charge in [-0.1, -0.05) is 23.7 Å². The first-order valence-corrected chi connectivity index (χ1v) is 11.8. The molecule has 178 valence electrons. The molecule has 2 amide bonds. The summed E-state index contributed by atoms with van der Waals surface area (Å²) < 4.78 is 13.0. The number of benzene rings is 3. The molecule has 5 rings (SSSR count). The average Bonchev–Trinajstić information content (AvgIpc) is 3.29. The molecule has 1 aromatic heterocycles. The molecule has 6 nitrogen and oxygen atoms in total. The van der Waals surface area contributed by atoms with Crippen LogP contribution in [0.1, 0.15) is 26.4 Å². The number of nitrogens with zero attached hydrogens (tertiary/aromatic N) is 2. The molecule has 0 unspecified atom stereocenters. The second-order valence-electron chi connectivity index (χ2n) is 8.64. The Bertz CT molecular complexity index is 1360. The molecule has 0 spiro atoms. The Hall–Kier alpha value is -3.68. The van der Waals surface area contributed by atoms with Crippen LogP contribution in [-0.2, 0) is 6.54 Å². The van der Waals surface area contributed by atoms with E-state index in [1.165, 1.54) is 24.3 Å². The van der Waals surface area contributed by atoms with Crippen molar-refractivity contribution in [1.82, 2.24) is 14.8 Å². The molecule has 0 bridgehead atoms. The summed E-state index contributed by atoms with van der Waals surface area (Å²) in [6, 6.07) is 20.5. The molecule has 0 radical (unpaired) electrons. The van der Waals surface area contributed by atoms with Gasteiger partial charge in [-0.15, -0.1) is 0 Å². The van der Waals surface area contributed by atoms with Gasteiger partial charge < -0.3 is 15.2 Å². The Morgan fingerprint density at radius 1 is 0.914 bits per heavy atom. The molecular formula is C27H24ClFN4O2. The van der Waals surface area contributed by atoms with Crippen molar-refractivity contribution >= 4 is 40.0 Å². The minimum Gasteiger partial charge on any atom is -0.351 e. The zero-order valence-electron chi connectivity index (χ0n) is 18.9. The summed E-state index contributed by atoms with van der Waals surface area (Å²) >= 11 is 6.05. The van der Waals surface area contributed by atoms with Crippen LogP contribution in [0.15, 0.2) is 72.8 Å². The lowest BCUT2D eigenvalue weighted by Crippen LogP contribution is -2.48. The highest BCUT2D eigenvalue weighted by Crippen LogP contribution is 2.21. The fourth-order valence-electron chi connectivity index (χ4n) is 4.25. The highest BCUT2D eigenvalue weighted by Gasteiger charge is 2.23. The lowest BCUT2D eigenvalue weighted by molar-refractivity contribution is 0.0623. The van der Waals surface area contributed by atoms with Crippen LogP contribution in [0.5, 0.6) is 0 Å². The molecule has 0 atom stereocenters. The maximum atomic E-state index is 13.0. The minimum atomic E-state index is -0.347. The predicted molar refractivity (Wildman–Crippen MR) is 135 cm³/mol. The van der Waals surface area contributed by atoms with Gasteiger partial charge in [0.2, 0.25) is 0 Å². The van der Waals surface area contributed by atoms with Crippen molar-refractivity contribution in [3.63, 3.8) is 0 Å². The van der Waals surface area contributed by atoms with Crippen LogP contribution in [0.25, 0.3) is 10.9 Å². The van der Waals surface area contributed by atoms with Crippen molar-refractivity contribution in [2.24, 2.45) is 0 Å². The average molecular weight is 491 g/mol. The maximum Gasteiger partial charge on any atom is 0.270 e. The summed E-state index contributed by atoms with van der Waals surface area (Å²) in [7, 11) is 0. The van der Waals surface area contributed by atoms with Crippen molar-refractivity contribution in [3.05, 3.63) is 100 Å². The summed E-state index contributed by atoms with van der Waals surface area (Å²) in [5, 5.41) is 4.33. The second kappa shape index (κ2) is 9.90. The number of hydrogen-bond acceptors (Lipinski definition) is 3. The Morgan fingerprint density at radius 3 is 2.34 bits per heavy atom. The fraction of sp³-hybridized carbons (Fsp3) is 0.185. The highest BCUT2D eigenvalue weighted by atomic mass is 35.5. The number of hydrogen-bond donors (Lipinski definition) is 2. The smallest absolute Gasteiger partial charge is 0.270 e. The van der Waals surface area contributed by atoms with Crippen LogP contribution in [-0.4, -0.2) is 52.8 Å². The second-order valence-corrected chi connectivity index (χ2v) is 9.08. The molecule has 3 aromatic carbocycles. The first kappa shape index (κ1) is 23.1. The van der Waals surface area contributed by atoms with E-state index in [1.807, 2.05) is 35.2 Å². The molecular weight excluding hydrogens is 467 g/mol. The van der Waals surface area contributed by atoms with Crippen LogP contribution in [0, 0.1) is 5.82 Å². The number of carbonyl (C=O) groups excluding carboxylic acids is 2. The molecule has 2 heterocycles. The highest BCUT2D eigenvalue weighted by molar-refractivity contribution is 6.31. The summed E-state index contributed by atoms with van der Waals surface area (Å²) in [5.41, 5.74) is 3.64. The molecule has 8 heteroatoms. The fourth-order valence-corrected chi connectivity index (χ4v) is 4.43. The van der Waals surface area contributed by atoms with Gasteiger partial charge in [-0.05, 0) is 66.2 Å². The molecule has 0 saturated carbocycles. The first-order chi connectivity index (χ1) is 16.9. The van der Waals surface area contributed by atoms with Crippen molar-refractivity contribution in [3.8, 4) is 0 Å². The van der Waals surface area contributed by atoms with Gasteiger partial charge in [-0.3, -0.25) is 14.5 Å². The normalized spacial score (nSPS) is 14.3. The van der Waals surface area contributed by atoms with E-state index < -0.39 is 0 Å². The maximum absolute atomic E-state index is 13.0. The Labute approximate surface area is 207 Å². The monoisotopic (exact) mass is 490 g/mol. The molecule has 4 aromatic rings. The van der Waals surface area contributed by atoms with Gasteiger partial charge in [0.1, 0.15) is 11.5 Å². The van der Waals surface area contributed by atoms with Gasteiger partial charge in [0.25, 0.3) is 11.8 Å². The molecule has 2 N–H and O–H groups in total. The number of rotatable bonds is 5. The van der Waals surface area contributed by atoms with Gasteiger partial charge in [-0.25, -0.2) is 4.39 Å². The lowest BCUT2D eigenvalue weighted by Gasteiger charge is -2.34. The van der Waals surface area contributed by atoms with Crippen molar-refractivity contribution in [1.29, 1.82) is 0 Å². The van der Waals surface area contributed by atoms with E-state index in [0.29, 0.717) is 35.1 Å². The van der Waals surface area contributed by atoms with E-state index >= 15 is 0 Å². The Balaban J connectivity index is 1.14. The number of amides is 2. The van der Waals surface area contributed by atoms with Crippen LogP contribution in [0.3, 0.4) is 0 Å². The van der Waals surface area contributed by atoms with Gasteiger partial charge in [-0.2, -0.15) is 0 Å². The molecule has 1 aliphatic heterocycles. The van der Waals surface area contributed by atoms with E-state index in [0.717, 1.165) is 36.1 Å². The zero-order valence-corrected chi connectivity index (χ0v) is 19.7. The van der Waals surface area contributed by atoms with E-state index in [2.05, 4.69) is 15.2 Å². The molecule has 0 aliphatic carbocycles. The van der Waals surface area contributed by atoms with Gasteiger partial charge in [0, 0.05) is 59.9 Å². The lowest BCUT2D eigenvalue weighted by atomic mass is 10.1. The SMILES string of the molecule is O=C(Nc1ccc(F)cc1)c1ccc(CN2CCN(C(=O)c3cc4cc(Cl)ccc4[nH]3)CC2)cc1. The number of fused-ring (bicyclic) bond motifs is 1. The number of aromatic amines is 1. The molecule has 35 heavy (non-hydrogen) atoms. The third-order valence-corrected chi connectivity index (χ3v) is 6.43. The molecule has 1 fully saturated rings. The summed E-state index contributed by atoms with van der Waals surface area (Å²) in [6.45, 7) is 3.57. The van der Waals surface area contributed by atoms with Crippen LogP contribution in [0.2, 0.25) is 5.02 Å². The molecule has 1 aliphatic rings. The Kier molecular flexibility index (Phi) is 6.53. The predicted octanol–water partition coefficient (Wildman–Crippen LogP) is 5.17. The third-order valence-electron chi connectivity index (χ3n) is 6.20. The third kappa shape index (κ3) is 5.37. The van der Waals surface area contributed by atoms with Crippen LogP contribution in [0.4, 0.5) is 10.1 Å². The number of carbonyl (C=O) groups is 2. The number of halogens is 2. The van der Waals surface area contributed by atoms with E-state index in [4.69, 9.17) is 11.6 Å². The van der Waals surface area contributed by atoms with E-state index in [9.17, 15) is 14.0 Å². The number of anilines is 1. The quantitative estimate of drug-likeness (QED) is 0.405.